The van der Waals surface area contributed by atoms with Gasteiger partial charge in [-0.25, -0.2) is 13.2 Å². The molecule has 2 aromatic carbocycles. The van der Waals surface area contributed by atoms with Gasteiger partial charge in [0.2, 0.25) is 11.7 Å². The van der Waals surface area contributed by atoms with Gasteiger partial charge in [-0.2, -0.15) is 0 Å². The third kappa shape index (κ3) is 4.15. The summed E-state index contributed by atoms with van der Waals surface area (Å²) in [4.78, 5) is 12.2. The van der Waals surface area contributed by atoms with E-state index in [2.05, 4.69) is 15.5 Å². The minimum absolute atomic E-state index is 0.0348. The Balaban J connectivity index is 1.52. The van der Waals surface area contributed by atoms with Gasteiger partial charge in [-0.1, -0.05) is 30.0 Å². The van der Waals surface area contributed by atoms with E-state index in [0.29, 0.717) is 16.7 Å². The largest absolute Gasteiger partial charge is 0.453 e. The lowest BCUT2D eigenvalue weighted by Gasteiger charge is -2.12. The number of aromatic nitrogens is 3. The number of halogens is 3. The molecule has 0 fully saturated rings. The Bertz CT molecular complexity index is 1240. The molecule has 10 heteroatoms. The predicted octanol–water partition coefficient (Wildman–Crippen LogP) is 5.42. The number of para-hydroxylation sites is 1. The number of benzene rings is 2. The van der Waals surface area contributed by atoms with Gasteiger partial charge in [0, 0.05) is 11.4 Å². The summed E-state index contributed by atoms with van der Waals surface area (Å²) in [7, 11) is 0. The fourth-order valence-electron chi connectivity index (χ4n) is 3.04. The molecule has 4 aromatic rings. The van der Waals surface area contributed by atoms with E-state index < -0.39 is 29.0 Å². The molecule has 2 aromatic heterocycles. The van der Waals surface area contributed by atoms with Crippen molar-refractivity contribution in [3.63, 3.8) is 0 Å². The number of carbonyl (C=O) groups is 1. The molecule has 0 aliphatic rings. The highest BCUT2D eigenvalue weighted by Gasteiger charge is 2.21. The number of hydrogen-bond acceptors (Lipinski definition) is 5. The number of thioether (sulfide) groups is 1. The molecule has 0 aliphatic carbocycles. The fraction of sp³-hybridized carbons (Fsp3) is 0.190. The van der Waals surface area contributed by atoms with Crippen molar-refractivity contribution in [1.82, 2.24) is 14.8 Å². The first-order valence-electron chi connectivity index (χ1n) is 9.35. The molecule has 0 unspecified atom stereocenters. The lowest BCUT2D eigenvalue weighted by molar-refractivity contribution is -0.113. The molecule has 0 aliphatic heterocycles. The second-order valence-electron chi connectivity index (χ2n) is 6.98. The summed E-state index contributed by atoms with van der Waals surface area (Å²) < 4.78 is 47.8. The Morgan fingerprint density at radius 3 is 2.65 bits per heavy atom. The first-order valence-corrected chi connectivity index (χ1v) is 10.3. The number of nitrogens with one attached hydrogen (secondary N) is 1. The highest BCUT2D eigenvalue weighted by atomic mass is 32.2. The molecule has 0 saturated heterocycles. The van der Waals surface area contributed by atoms with Crippen LogP contribution in [0.1, 0.15) is 19.9 Å². The average Bonchev–Trinajstić information content (AvgIpc) is 3.36. The van der Waals surface area contributed by atoms with Gasteiger partial charge >= 0.3 is 0 Å². The van der Waals surface area contributed by atoms with Crippen molar-refractivity contribution in [1.29, 1.82) is 0 Å². The number of anilines is 1. The zero-order valence-corrected chi connectivity index (χ0v) is 17.3. The SMILES string of the molecule is CC(C)n1c(SCC(=O)Nc2ccc(F)c(F)c2F)nnc1-c1cc2ccccc2o1. The predicted molar refractivity (Wildman–Crippen MR) is 111 cm³/mol. The van der Waals surface area contributed by atoms with E-state index in [1.807, 2.05) is 48.7 Å². The molecule has 1 N–H and O–H groups in total. The number of carbonyl (C=O) groups excluding carboxylic acids is 1. The van der Waals surface area contributed by atoms with Gasteiger partial charge in [-0.15, -0.1) is 10.2 Å². The monoisotopic (exact) mass is 446 g/mol. The van der Waals surface area contributed by atoms with Crippen LogP contribution in [0.25, 0.3) is 22.6 Å². The summed E-state index contributed by atoms with van der Waals surface area (Å²) in [5, 5.41) is 12.0. The van der Waals surface area contributed by atoms with Crippen LogP contribution in [0.4, 0.5) is 18.9 Å². The van der Waals surface area contributed by atoms with E-state index in [-0.39, 0.29) is 11.8 Å². The van der Waals surface area contributed by atoms with Crippen LogP contribution in [0.15, 0.2) is 52.0 Å². The molecule has 0 saturated carbocycles. The number of amides is 1. The standard InChI is InChI=1S/C21H17F3N4O2S/c1-11(2)28-20(16-9-12-5-3-4-6-15(12)30-16)26-27-21(28)31-10-17(29)25-14-8-7-13(22)18(23)19(14)24/h3-9,11H,10H2,1-2H3,(H,25,29). The van der Waals surface area contributed by atoms with Gasteiger partial charge in [0.25, 0.3) is 0 Å². The van der Waals surface area contributed by atoms with Crippen molar-refractivity contribution in [3.8, 4) is 11.6 Å². The molecule has 0 radical (unpaired) electrons. The van der Waals surface area contributed by atoms with Crippen molar-refractivity contribution < 1.29 is 22.4 Å². The van der Waals surface area contributed by atoms with Crippen LogP contribution in [0, 0.1) is 17.5 Å². The molecule has 160 valence electrons. The third-order valence-corrected chi connectivity index (χ3v) is 5.41. The molecule has 0 bridgehead atoms. The number of nitrogens with zero attached hydrogens (tertiary/aromatic N) is 3. The molecule has 4 rings (SSSR count). The third-order valence-electron chi connectivity index (χ3n) is 4.47. The molecule has 31 heavy (non-hydrogen) atoms. The summed E-state index contributed by atoms with van der Waals surface area (Å²) in [6.07, 6.45) is 0. The Morgan fingerprint density at radius 2 is 1.90 bits per heavy atom. The van der Waals surface area contributed by atoms with E-state index in [1.54, 1.807) is 0 Å². The molecule has 0 atom stereocenters. The maximum absolute atomic E-state index is 13.8. The highest BCUT2D eigenvalue weighted by Crippen LogP contribution is 2.31. The zero-order valence-electron chi connectivity index (χ0n) is 16.5. The van der Waals surface area contributed by atoms with E-state index in [0.717, 1.165) is 34.9 Å². The first-order chi connectivity index (χ1) is 14.8. The maximum atomic E-state index is 13.8. The van der Waals surface area contributed by atoms with Crippen molar-refractivity contribution in [2.24, 2.45) is 0 Å². The van der Waals surface area contributed by atoms with Crippen LogP contribution in [0.3, 0.4) is 0 Å². The summed E-state index contributed by atoms with van der Waals surface area (Å²) in [6, 6.07) is 11.1. The first kappa shape index (κ1) is 21.0. The summed E-state index contributed by atoms with van der Waals surface area (Å²) in [6.45, 7) is 3.88. The Kier molecular flexibility index (Phi) is 5.73. The molecule has 1 amide bonds. The van der Waals surface area contributed by atoms with E-state index in [4.69, 9.17) is 4.42 Å². The van der Waals surface area contributed by atoms with Gasteiger partial charge in [0.05, 0.1) is 11.4 Å². The van der Waals surface area contributed by atoms with Gasteiger partial charge in [-0.05, 0) is 38.1 Å². The van der Waals surface area contributed by atoms with Crippen molar-refractivity contribution >= 4 is 34.3 Å². The van der Waals surface area contributed by atoms with Crippen LogP contribution in [-0.2, 0) is 4.79 Å². The Morgan fingerprint density at radius 1 is 1.13 bits per heavy atom. The average molecular weight is 446 g/mol. The second kappa shape index (κ2) is 8.46. The quantitative estimate of drug-likeness (QED) is 0.316. The minimum Gasteiger partial charge on any atom is -0.453 e. The normalized spacial score (nSPS) is 11.4. The molecule has 2 heterocycles. The van der Waals surface area contributed by atoms with E-state index in [9.17, 15) is 18.0 Å². The van der Waals surface area contributed by atoms with Crippen molar-refractivity contribution in [2.75, 3.05) is 11.1 Å². The smallest absolute Gasteiger partial charge is 0.234 e. The lowest BCUT2D eigenvalue weighted by Crippen LogP contribution is -2.16. The second-order valence-corrected chi connectivity index (χ2v) is 7.92. The number of fused-ring (bicyclic) bond motifs is 1. The lowest BCUT2D eigenvalue weighted by atomic mass is 10.2. The van der Waals surface area contributed by atoms with E-state index in [1.165, 1.54) is 0 Å². The summed E-state index contributed by atoms with van der Waals surface area (Å²) >= 11 is 1.08. The van der Waals surface area contributed by atoms with Gasteiger partial charge in [0.15, 0.2) is 28.4 Å². The highest BCUT2D eigenvalue weighted by molar-refractivity contribution is 7.99. The molecular weight excluding hydrogens is 429 g/mol. The Hall–Kier alpha value is -3.27. The van der Waals surface area contributed by atoms with Gasteiger partial charge in [0.1, 0.15) is 5.58 Å². The molecular formula is C21H17F3N4O2S. The van der Waals surface area contributed by atoms with Crippen LogP contribution in [-0.4, -0.2) is 26.4 Å². The fourth-order valence-corrected chi connectivity index (χ4v) is 3.91. The topological polar surface area (TPSA) is 73.0 Å². The number of furan rings is 1. The van der Waals surface area contributed by atoms with E-state index >= 15 is 0 Å². The summed E-state index contributed by atoms with van der Waals surface area (Å²) in [5.74, 6) is -4.09. The van der Waals surface area contributed by atoms with Gasteiger partial charge in [-0.3, -0.25) is 9.36 Å². The molecule has 0 spiro atoms. The maximum Gasteiger partial charge on any atom is 0.234 e. The van der Waals surface area contributed by atoms with Gasteiger partial charge < -0.3 is 9.73 Å². The minimum atomic E-state index is -1.64. The van der Waals surface area contributed by atoms with Crippen molar-refractivity contribution in [3.05, 3.63) is 59.9 Å². The van der Waals surface area contributed by atoms with Crippen molar-refractivity contribution in [2.45, 2.75) is 25.0 Å². The van der Waals surface area contributed by atoms with Crippen LogP contribution < -0.4 is 5.32 Å². The van der Waals surface area contributed by atoms with Crippen LogP contribution in [0.2, 0.25) is 0 Å². The number of hydrogen-bond donors (Lipinski definition) is 1. The number of rotatable bonds is 6. The Labute approximate surface area is 179 Å². The van der Waals surface area contributed by atoms with Crippen LogP contribution in [0.5, 0.6) is 0 Å². The zero-order chi connectivity index (χ0) is 22.1. The summed E-state index contributed by atoms with van der Waals surface area (Å²) in [5.41, 5.74) is 0.288. The molecule has 6 nitrogen and oxygen atoms in total. The van der Waals surface area contributed by atoms with Crippen LogP contribution >= 0.6 is 11.8 Å².